The second-order valence-corrected chi connectivity index (χ2v) is 4.56. The molecule has 0 unspecified atom stereocenters. The van der Waals surface area contributed by atoms with Crippen LogP contribution in [0.3, 0.4) is 0 Å². The summed E-state index contributed by atoms with van der Waals surface area (Å²) in [4.78, 5) is 18.6. The fraction of sp³-hybridized carbons (Fsp3) is 0.600. The summed E-state index contributed by atoms with van der Waals surface area (Å²) in [6.45, 7) is 3.09. The minimum absolute atomic E-state index is 0. The van der Waals surface area contributed by atoms with E-state index < -0.39 is 0 Å². The molecular formula is C10H19Cl2N3OS. The Bertz CT molecular complexity index is 333. The quantitative estimate of drug-likeness (QED) is 0.903. The molecule has 1 aromatic rings. The summed E-state index contributed by atoms with van der Waals surface area (Å²) >= 11 is 1.66. The molecule has 0 saturated carbocycles. The van der Waals surface area contributed by atoms with Gasteiger partial charge in [-0.3, -0.25) is 4.79 Å². The molecule has 0 aliphatic rings. The van der Waals surface area contributed by atoms with Gasteiger partial charge in [-0.1, -0.05) is 6.92 Å². The largest absolute Gasteiger partial charge is 0.339 e. The van der Waals surface area contributed by atoms with Gasteiger partial charge < -0.3 is 10.6 Å². The highest BCUT2D eigenvalue weighted by Gasteiger charge is 2.10. The lowest BCUT2D eigenvalue weighted by Crippen LogP contribution is -2.27. The molecule has 4 nitrogen and oxygen atoms in total. The van der Waals surface area contributed by atoms with Gasteiger partial charge in [0, 0.05) is 31.1 Å². The Morgan fingerprint density at radius 3 is 2.65 bits per heavy atom. The molecule has 0 radical (unpaired) electrons. The number of thiazole rings is 1. The second kappa shape index (κ2) is 9.65. The standard InChI is InChI=1S/C10H17N3OS.2ClH/c1-3-8-6-12-9(15-8)7-13(2)10(14)4-5-11;;/h6H,3-5,7,11H2,1-2H3;2*1H. The van der Waals surface area contributed by atoms with E-state index in [9.17, 15) is 4.79 Å². The van der Waals surface area contributed by atoms with Crippen LogP contribution in [0.15, 0.2) is 6.20 Å². The van der Waals surface area contributed by atoms with E-state index in [4.69, 9.17) is 5.73 Å². The molecule has 1 amide bonds. The summed E-state index contributed by atoms with van der Waals surface area (Å²) in [6, 6.07) is 0. The van der Waals surface area contributed by atoms with Crippen LogP contribution in [-0.2, 0) is 17.8 Å². The van der Waals surface area contributed by atoms with Crippen molar-refractivity contribution in [3.8, 4) is 0 Å². The number of carbonyl (C=O) groups excluding carboxylic acids is 1. The molecule has 2 N–H and O–H groups in total. The first-order valence-electron chi connectivity index (χ1n) is 5.05. The smallest absolute Gasteiger partial charge is 0.223 e. The van der Waals surface area contributed by atoms with Crippen LogP contribution in [0.5, 0.6) is 0 Å². The molecule has 0 aliphatic heterocycles. The van der Waals surface area contributed by atoms with E-state index in [-0.39, 0.29) is 30.7 Å². The van der Waals surface area contributed by atoms with Crippen LogP contribution in [0.2, 0.25) is 0 Å². The van der Waals surface area contributed by atoms with Gasteiger partial charge in [-0.05, 0) is 6.42 Å². The zero-order valence-corrected chi connectivity index (χ0v) is 12.5. The molecule has 0 aromatic carbocycles. The Hall–Kier alpha value is -0.360. The number of aryl methyl sites for hydroxylation is 1. The molecular weight excluding hydrogens is 281 g/mol. The zero-order valence-electron chi connectivity index (χ0n) is 10.0. The maximum absolute atomic E-state index is 11.4. The van der Waals surface area contributed by atoms with E-state index in [2.05, 4.69) is 11.9 Å². The Kier molecular flexibility index (Phi) is 10.8. The number of amides is 1. The van der Waals surface area contributed by atoms with E-state index in [0.29, 0.717) is 19.5 Å². The normalized spacial score (nSPS) is 9.12. The molecule has 17 heavy (non-hydrogen) atoms. The molecule has 1 heterocycles. The van der Waals surface area contributed by atoms with Crippen molar-refractivity contribution in [1.82, 2.24) is 9.88 Å². The number of hydrogen-bond acceptors (Lipinski definition) is 4. The number of aromatic nitrogens is 1. The Labute approximate surface area is 118 Å². The van der Waals surface area contributed by atoms with Gasteiger partial charge in [-0.2, -0.15) is 0 Å². The zero-order chi connectivity index (χ0) is 11.3. The molecule has 0 atom stereocenters. The van der Waals surface area contributed by atoms with Crippen LogP contribution in [0, 0.1) is 0 Å². The van der Waals surface area contributed by atoms with Crippen LogP contribution < -0.4 is 5.73 Å². The highest BCUT2D eigenvalue weighted by Crippen LogP contribution is 2.14. The predicted molar refractivity (Wildman–Crippen MR) is 76.1 cm³/mol. The van der Waals surface area contributed by atoms with E-state index in [0.717, 1.165) is 11.4 Å². The van der Waals surface area contributed by atoms with Crippen molar-refractivity contribution in [3.63, 3.8) is 0 Å². The first-order valence-corrected chi connectivity index (χ1v) is 5.86. The summed E-state index contributed by atoms with van der Waals surface area (Å²) in [7, 11) is 1.78. The third-order valence-electron chi connectivity index (χ3n) is 2.11. The molecule has 0 spiro atoms. The first kappa shape index (κ1) is 19.0. The minimum atomic E-state index is 0. The van der Waals surface area contributed by atoms with Gasteiger partial charge in [0.15, 0.2) is 0 Å². The molecule has 0 aliphatic carbocycles. The van der Waals surface area contributed by atoms with E-state index in [1.807, 2.05) is 6.20 Å². The van der Waals surface area contributed by atoms with E-state index in [1.54, 1.807) is 23.3 Å². The fourth-order valence-corrected chi connectivity index (χ4v) is 2.11. The molecule has 0 bridgehead atoms. The van der Waals surface area contributed by atoms with E-state index >= 15 is 0 Å². The monoisotopic (exact) mass is 299 g/mol. The molecule has 100 valence electrons. The summed E-state index contributed by atoms with van der Waals surface area (Å²) in [5.41, 5.74) is 5.33. The van der Waals surface area contributed by atoms with Gasteiger partial charge in [0.25, 0.3) is 0 Å². The van der Waals surface area contributed by atoms with Crippen LogP contribution in [0.4, 0.5) is 0 Å². The van der Waals surface area contributed by atoms with Crippen molar-refractivity contribution >= 4 is 42.1 Å². The van der Waals surface area contributed by atoms with Crippen molar-refractivity contribution in [1.29, 1.82) is 0 Å². The van der Waals surface area contributed by atoms with Crippen LogP contribution in [-0.4, -0.2) is 29.4 Å². The van der Waals surface area contributed by atoms with Gasteiger partial charge in [0.05, 0.1) is 6.54 Å². The van der Waals surface area contributed by atoms with Gasteiger partial charge in [0.2, 0.25) is 5.91 Å². The Morgan fingerprint density at radius 2 is 2.18 bits per heavy atom. The maximum atomic E-state index is 11.4. The molecule has 0 saturated heterocycles. The van der Waals surface area contributed by atoms with Crippen molar-refractivity contribution in [3.05, 3.63) is 16.1 Å². The van der Waals surface area contributed by atoms with Gasteiger partial charge in [-0.25, -0.2) is 4.98 Å². The number of halogens is 2. The van der Waals surface area contributed by atoms with Crippen LogP contribution in [0.1, 0.15) is 23.2 Å². The first-order chi connectivity index (χ1) is 7.17. The fourth-order valence-electron chi connectivity index (χ4n) is 1.19. The van der Waals surface area contributed by atoms with E-state index in [1.165, 1.54) is 4.88 Å². The topological polar surface area (TPSA) is 59.2 Å². The third-order valence-corrected chi connectivity index (χ3v) is 3.23. The summed E-state index contributed by atoms with van der Waals surface area (Å²) in [5.74, 6) is 0.0748. The third kappa shape index (κ3) is 6.21. The SMILES string of the molecule is CCc1cnc(CN(C)C(=O)CCN)s1.Cl.Cl. The number of hydrogen-bond donors (Lipinski definition) is 1. The van der Waals surface area contributed by atoms with Crippen molar-refractivity contribution in [2.24, 2.45) is 5.73 Å². The van der Waals surface area contributed by atoms with Gasteiger partial charge in [-0.15, -0.1) is 36.2 Å². The number of nitrogens with zero attached hydrogens (tertiary/aromatic N) is 2. The Morgan fingerprint density at radius 1 is 1.53 bits per heavy atom. The summed E-state index contributed by atoms with van der Waals surface area (Å²) < 4.78 is 0. The van der Waals surface area contributed by atoms with Gasteiger partial charge >= 0.3 is 0 Å². The van der Waals surface area contributed by atoms with Crippen molar-refractivity contribution in [2.45, 2.75) is 26.3 Å². The maximum Gasteiger partial charge on any atom is 0.223 e. The summed E-state index contributed by atoms with van der Waals surface area (Å²) in [5, 5.41) is 0.986. The average molecular weight is 300 g/mol. The Balaban J connectivity index is 0. The number of carbonyl (C=O) groups is 1. The second-order valence-electron chi connectivity index (χ2n) is 3.36. The molecule has 1 rings (SSSR count). The number of rotatable bonds is 5. The van der Waals surface area contributed by atoms with Gasteiger partial charge in [0.1, 0.15) is 5.01 Å². The van der Waals surface area contributed by atoms with Crippen molar-refractivity contribution < 1.29 is 4.79 Å². The molecule has 1 aromatic heterocycles. The highest BCUT2D eigenvalue weighted by atomic mass is 35.5. The van der Waals surface area contributed by atoms with Crippen LogP contribution >= 0.6 is 36.2 Å². The molecule has 7 heteroatoms. The lowest BCUT2D eigenvalue weighted by molar-refractivity contribution is -0.130. The lowest BCUT2D eigenvalue weighted by Gasteiger charge is -2.14. The molecule has 0 fully saturated rings. The number of nitrogens with two attached hydrogens (primary N) is 1. The van der Waals surface area contributed by atoms with Crippen molar-refractivity contribution in [2.75, 3.05) is 13.6 Å². The average Bonchev–Trinajstić information content (AvgIpc) is 2.66. The van der Waals surface area contributed by atoms with Crippen LogP contribution in [0.25, 0.3) is 0 Å². The predicted octanol–water partition coefficient (Wildman–Crippen LogP) is 1.86. The minimum Gasteiger partial charge on any atom is -0.339 e. The summed E-state index contributed by atoms with van der Waals surface area (Å²) in [6.07, 6.45) is 3.28. The lowest BCUT2D eigenvalue weighted by atomic mass is 10.4. The highest BCUT2D eigenvalue weighted by molar-refractivity contribution is 7.11.